The molecule has 0 saturated carbocycles. The fourth-order valence-corrected chi connectivity index (χ4v) is 0.752. The third-order valence-electron chi connectivity index (χ3n) is 1.35. The zero-order valence-corrected chi connectivity index (χ0v) is 6.66. The SMILES string of the molecule is Cc1ccc(C#CN=C=O)cc1. The minimum Gasteiger partial charge on any atom is -0.210 e. The third-order valence-corrected chi connectivity index (χ3v) is 1.35. The number of rotatable bonds is 0. The molecular formula is C10H7NO. The van der Waals surface area contributed by atoms with Gasteiger partial charge in [-0.15, -0.1) is 4.99 Å². The lowest BCUT2D eigenvalue weighted by Crippen LogP contribution is -1.73. The minimum atomic E-state index is 0.847. The van der Waals surface area contributed by atoms with Gasteiger partial charge >= 0.3 is 0 Å². The van der Waals surface area contributed by atoms with Crippen LogP contribution in [0.25, 0.3) is 0 Å². The van der Waals surface area contributed by atoms with Gasteiger partial charge in [-0.05, 0) is 25.0 Å². The van der Waals surface area contributed by atoms with Crippen molar-refractivity contribution >= 4 is 6.08 Å². The Kier molecular flexibility index (Phi) is 2.84. The topological polar surface area (TPSA) is 29.4 Å². The first kappa shape index (κ1) is 8.26. The van der Waals surface area contributed by atoms with Crippen molar-refractivity contribution in [3.8, 4) is 12.0 Å². The van der Waals surface area contributed by atoms with E-state index in [2.05, 4.69) is 17.0 Å². The molecule has 1 aromatic rings. The van der Waals surface area contributed by atoms with Crippen molar-refractivity contribution in [2.45, 2.75) is 6.92 Å². The number of hydrogen-bond donors (Lipinski definition) is 0. The predicted molar refractivity (Wildman–Crippen MR) is 46.2 cm³/mol. The summed E-state index contributed by atoms with van der Waals surface area (Å²) in [5.74, 6) is 2.69. The van der Waals surface area contributed by atoms with E-state index < -0.39 is 0 Å². The van der Waals surface area contributed by atoms with Crippen molar-refractivity contribution in [3.63, 3.8) is 0 Å². The fraction of sp³-hybridized carbons (Fsp3) is 0.100. The Labute approximate surface area is 70.9 Å². The third kappa shape index (κ3) is 2.42. The molecule has 0 heterocycles. The zero-order chi connectivity index (χ0) is 8.81. The van der Waals surface area contributed by atoms with Crippen LogP contribution in [-0.4, -0.2) is 6.08 Å². The Bertz CT molecular complexity index is 361. The van der Waals surface area contributed by atoms with Gasteiger partial charge in [0, 0.05) is 5.56 Å². The largest absolute Gasteiger partial charge is 0.249 e. The smallest absolute Gasteiger partial charge is 0.210 e. The van der Waals surface area contributed by atoms with Gasteiger partial charge < -0.3 is 0 Å². The molecule has 2 nitrogen and oxygen atoms in total. The van der Waals surface area contributed by atoms with Crippen molar-refractivity contribution in [1.29, 1.82) is 0 Å². The molecule has 1 aromatic carbocycles. The summed E-state index contributed by atoms with van der Waals surface area (Å²) in [5, 5.41) is 0. The maximum atomic E-state index is 9.66. The molecule has 0 N–H and O–H groups in total. The van der Waals surface area contributed by atoms with Gasteiger partial charge in [0.25, 0.3) is 0 Å². The number of carbonyl (C=O) groups excluding carboxylic acids is 1. The molecular weight excluding hydrogens is 150 g/mol. The highest BCUT2D eigenvalue weighted by Crippen LogP contribution is 2.00. The van der Waals surface area contributed by atoms with Crippen LogP contribution in [0.4, 0.5) is 0 Å². The van der Waals surface area contributed by atoms with E-state index in [1.165, 1.54) is 11.6 Å². The quantitative estimate of drug-likeness (QED) is 0.320. The molecule has 0 saturated heterocycles. The van der Waals surface area contributed by atoms with Gasteiger partial charge in [-0.25, -0.2) is 4.79 Å². The highest BCUT2D eigenvalue weighted by atomic mass is 16.1. The van der Waals surface area contributed by atoms with Crippen LogP contribution in [0.15, 0.2) is 29.3 Å². The van der Waals surface area contributed by atoms with Gasteiger partial charge in [0.2, 0.25) is 6.08 Å². The van der Waals surface area contributed by atoms with Crippen molar-refractivity contribution in [1.82, 2.24) is 0 Å². The van der Waals surface area contributed by atoms with Crippen molar-refractivity contribution in [2.75, 3.05) is 0 Å². The number of isocyanates is 1. The molecule has 0 fully saturated rings. The number of benzene rings is 1. The van der Waals surface area contributed by atoms with E-state index in [1.54, 1.807) is 0 Å². The van der Waals surface area contributed by atoms with Crippen LogP contribution in [0.5, 0.6) is 0 Å². The summed E-state index contributed by atoms with van der Waals surface area (Å²) in [4.78, 5) is 12.8. The summed E-state index contributed by atoms with van der Waals surface area (Å²) in [6.07, 6.45) is 1.35. The average Bonchev–Trinajstić information content (AvgIpc) is 2.09. The second-order valence-corrected chi connectivity index (χ2v) is 2.31. The molecule has 0 aliphatic heterocycles. The first-order valence-corrected chi connectivity index (χ1v) is 3.47. The summed E-state index contributed by atoms with van der Waals surface area (Å²) in [6, 6.07) is 9.98. The summed E-state index contributed by atoms with van der Waals surface area (Å²) < 4.78 is 0. The van der Waals surface area contributed by atoms with E-state index >= 15 is 0 Å². The molecule has 0 radical (unpaired) electrons. The Morgan fingerprint density at radius 2 is 1.92 bits per heavy atom. The zero-order valence-electron chi connectivity index (χ0n) is 6.66. The van der Waals surface area contributed by atoms with Crippen LogP contribution in [0.3, 0.4) is 0 Å². The van der Waals surface area contributed by atoms with E-state index in [0.717, 1.165) is 5.56 Å². The first-order chi connectivity index (χ1) is 5.83. The molecule has 58 valence electrons. The summed E-state index contributed by atoms with van der Waals surface area (Å²) in [7, 11) is 0. The molecule has 12 heavy (non-hydrogen) atoms. The van der Waals surface area contributed by atoms with Crippen LogP contribution in [-0.2, 0) is 4.79 Å². The average molecular weight is 157 g/mol. The molecule has 0 aliphatic carbocycles. The first-order valence-electron chi connectivity index (χ1n) is 3.47. The van der Waals surface area contributed by atoms with Gasteiger partial charge in [-0.3, -0.25) is 0 Å². The second kappa shape index (κ2) is 4.12. The van der Waals surface area contributed by atoms with E-state index in [0.29, 0.717) is 0 Å². The Balaban J connectivity index is 2.86. The maximum Gasteiger partial charge on any atom is 0.249 e. The van der Waals surface area contributed by atoms with Crippen molar-refractivity contribution in [3.05, 3.63) is 35.4 Å². The number of hydrogen-bond acceptors (Lipinski definition) is 2. The molecule has 0 amide bonds. The normalized spacial score (nSPS) is 7.75. The second-order valence-electron chi connectivity index (χ2n) is 2.31. The van der Waals surface area contributed by atoms with E-state index in [9.17, 15) is 4.79 Å². The van der Waals surface area contributed by atoms with Crippen LogP contribution >= 0.6 is 0 Å². The molecule has 0 atom stereocenters. The number of aryl methyl sites for hydroxylation is 1. The molecule has 1 rings (SSSR count). The van der Waals surface area contributed by atoms with E-state index in [1.807, 2.05) is 31.2 Å². The van der Waals surface area contributed by atoms with Gasteiger partial charge in [0.05, 0.1) is 6.04 Å². The van der Waals surface area contributed by atoms with Crippen molar-refractivity contribution < 1.29 is 4.79 Å². The van der Waals surface area contributed by atoms with Gasteiger partial charge in [0.15, 0.2) is 0 Å². The van der Waals surface area contributed by atoms with Crippen LogP contribution < -0.4 is 0 Å². The van der Waals surface area contributed by atoms with Crippen LogP contribution in [0.2, 0.25) is 0 Å². The lowest BCUT2D eigenvalue weighted by molar-refractivity contribution is 0.565. The fourth-order valence-electron chi connectivity index (χ4n) is 0.752. The van der Waals surface area contributed by atoms with E-state index in [-0.39, 0.29) is 0 Å². The number of nitrogens with zero attached hydrogens (tertiary/aromatic N) is 1. The van der Waals surface area contributed by atoms with Crippen LogP contribution in [0, 0.1) is 18.9 Å². The van der Waals surface area contributed by atoms with Gasteiger partial charge in [-0.2, -0.15) is 0 Å². The Morgan fingerprint density at radius 3 is 2.50 bits per heavy atom. The van der Waals surface area contributed by atoms with Crippen LogP contribution in [0.1, 0.15) is 11.1 Å². The molecule has 0 bridgehead atoms. The lowest BCUT2D eigenvalue weighted by atomic mass is 10.2. The molecule has 0 aliphatic rings. The predicted octanol–water partition coefficient (Wildman–Crippen LogP) is 1.64. The van der Waals surface area contributed by atoms with E-state index in [4.69, 9.17) is 0 Å². The summed E-state index contributed by atoms with van der Waals surface area (Å²) >= 11 is 0. The standard InChI is InChI=1S/C10H7NO/c1-9-2-4-10(5-3-9)6-7-11-8-12/h2-5H,1H3. The monoisotopic (exact) mass is 157 g/mol. The Hall–Kier alpha value is -1.84. The highest BCUT2D eigenvalue weighted by Gasteiger charge is 1.84. The van der Waals surface area contributed by atoms with Crippen molar-refractivity contribution in [2.24, 2.45) is 4.99 Å². The highest BCUT2D eigenvalue weighted by molar-refractivity contribution is 5.40. The molecule has 2 heteroatoms. The summed E-state index contributed by atoms with van der Waals surface area (Å²) in [5.41, 5.74) is 2.03. The number of aliphatic imine (C=N–C) groups is 1. The summed E-state index contributed by atoms with van der Waals surface area (Å²) in [6.45, 7) is 2.00. The lowest BCUT2D eigenvalue weighted by Gasteiger charge is -1.89. The minimum absolute atomic E-state index is 0.847. The van der Waals surface area contributed by atoms with Gasteiger partial charge in [0.1, 0.15) is 0 Å². The molecule has 0 spiro atoms. The van der Waals surface area contributed by atoms with Gasteiger partial charge in [-0.1, -0.05) is 17.7 Å². The molecule has 0 unspecified atom stereocenters. The Morgan fingerprint density at radius 1 is 1.25 bits per heavy atom. The maximum absolute atomic E-state index is 9.66. The molecule has 0 aromatic heterocycles.